The van der Waals surface area contributed by atoms with E-state index < -0.39 is 11.3 Å². The summed E-state index contributed by atoms with van der Waals surface area (Å²) in [4.78, 5) is 17.7. The van der Waals surface area contributed by atoms with E-state index in [9.17, 15) is 15.3 Å². The van der Waals surface area contributed by atoms with Crippen LogP contribution in [0, 0.1) is 57.2 Å². The molecule has 6 rings (SSSR count). The van der Waals surface area contributed by atoms with E-state index in [2.05, 4.69) is 17.1 Å². The maximum atomic E-state index is 13.7. The van der Waals surface area contributed by atoms with Crippen LogP contribution in [0.5, 0.6) is 0 Å². The first-order valence-corrected chi connectivity index (χ1v) is 9.38. The molecule has 2 atom stereocenters. The summed E-state index contributed by atoms with van der Waals surface area (Å²) >= 11 is 0. The van der Waals surface area contributed by atoms with Crippen LogP contribution in [0.3, 0.4) is 0 Å². The largest absolute Gasteiger partial charge is 0.299 e. The molecule has 0 N–H and O–H groups in total. The van der Waals surface area contributed by atoms with Gasteiger partial charge in [0.1, 0.15) is 5.78 Å². The molecule has 0 spiro atoms. The van der Waals surface area contributed by atoms with Crippen molar-refractivity contribution in [1.82, 2.24) is 4.98 Å². The van der Waals surface area contributed by atoms with Gasteiger partial charge in [0.25, 0.3) is 0 Å². The normalized spacial score (nSPS) is 42.4. The van der Waals surface area contributed by atoms with E-state index in [-0.39, 0.29) is 17.1 Å². The first kappa shape index (κ1) is 15.1. The van der Waals surface area contributed by atoms with E-state index in [1.54, 1.807) is 12.4 Å². The van der Waals surface area contributed by atoms with Crippen molar-refractivity contribution in [2.24, 2.45) is 34.5 Å². The molecule has 5 aliphatic rings. The van der Waals surface area contributed by atoms with Gasteiger partial charge < -0.3 is 0 Å². The van der Waals surface area contributed by atoms with E-state index in [0.29, 0.717) is 17.8 Å². The Balaban J connectivity index is 1.51. The molecule has 25 heavy (non-hydrogen) atoms. The molecule has 0 radical (unpaired) electrons. The van der Waals surface area contributed by atoms with Crippen LogP contribution in [0.25, 0.3) is 0 Å². The minimum Gasteiger partial charge on any atom is -0.299 e. The summed E-state index contributed by atoms with van der Waals surface area (Å²) < 4.78 is 0. The summed E-state index contributed by atoms with van der Waals surface area (Å²) in [5, 5.41) is 19.5. The predicted octanol–water partition coefficient (Wildman–Crippen LogP) is 3.61. The van der Waals surface area contributed by atoms with Crippen molar-refractivity contribution in [2.75, 3.05) is 0 Å². The van der Waals surface area contributed by atoms with Gasteiger partial charge in [-0.15, -0.1) is 0 Å². The number of nitrogens with zero attached hydrogens (tertiary/aromatic N) is 3. The number of aromatic nitrogens is 1. The lowest BCUT2D eigenvalue weighted by atomic mass is 9.48. The Kier molecular flexibility index (Phi) is 2.97. The number of Topliss-reactive ketones (excluding diaryl/α,β-unsaturated/α-hetero) is 1. The fourth-order valence-electron chi connectivity index (χ4n) is 6.82. The second-order valence-corrected chi connectivity index (χ2v) is 8.89. The van der Waals surface area contributed by atoms with Crippen LogP contribution < -0.4 is 0 Å². The van der Waals surface area contributed by atoms with Crippen LogP contribution >= 0.6 is 0 Å². The zero-order valence-electron chi connectivity index (χ0n) is 14.2. The third-order valence-corrected chi connectivity index (χ3v) is 7.48. The molecule has 4 bridgehead atoms. The molecule has 5 fully saturated rings. The Bertz CT molecular complexity index is 766. The van der Waals surface area contributed by atoms with Crippen LogP contribution in [-0.4, -0.2) is 10.8 Å². The minimum absolute atomic E-state index is 0.219. The summed E-state index contributed by atoms with van der Waals surface area (Å²) in [7, 11) is 0. The lowest BCUT2D eigenvalue weighted by Gasteiger charge is -2.56. The van der Waals surface area contributed by atoms with Crippen molar-refractivity contribution in [3.05, 3.63) is 30.1 Å². The Hall–Kier alpha value is -2.20. The minimum atomic E-state index is -1.18. The van der Waals surface area contributed by atoms with Crippen LogP contribution in [0.15, 0.2) is 24.5 Å². The van der Waals surface area contributed by atoms with Gasteiger partial charge in [-0.1, -0.05) is 0 Å². The average Bonchev–Trinajstić information content (AvgIpc) is 3.30. The zero-order valence-corrected chi connectivity index (χ0v) is 14.2. The maximum Gasteiger partial charge on any atom is 0.161 e. The van der Waals surface area contributed by atoms with Crippen molar-refractivity contribution < 1.29 is 4.79 Å². The monoisotopic (exact) mass is 331 g/mol. The molecule has 5 saturated carbocycles. The number of ketones is 1. The topological polar surface area (TPSA) is 77.5 Å². The Morgan fingerprint density at radius 1 is 1.00 bits per heavy atom. The van der Waals surface area contributed by atoms with Gasteiger partial charge in [0.15, 0.2) is 5.41 Å². The molecule has 0 amide bonds. The molecule has 4 heteroatoms. The lowest BCUT2D eigenvalue weighted by molar-refractivity contribution is -0.145. The van der Waals surface area contributed by atoms with Crippen LogP contribution in [-0.2, 0) is 4.79 Å². The number of pyridine rings is 1. The van der Waals surface area contributed by atoms with Gasteiger partial charge in [0, 0.05) is 23.7 Å². The smallest absolute Gasteiger partial charge is 0.161 e. The standard InChI is InChI=1S/C21H21N3O/c22-11-21(12-23)17(16-1-3-24-4-2-16)18(21)19(25)20-8-13-5-14(9-20)7-15(6-13)10-20/h1-4,13-15,17-18H,5-10H2/t13?,14?,15?,17-,18-,20?/m1/s1. The third kappa shape index (κ3) is 1.92. The fourth-order valence-corrected chi connectivity index (χ4v) is 6.82. The van der Waals surface area contributed by atoms with Crippen molar-refractivity contribution >= 4 is 5.78 Å². The van der Waals surface area contributed by atoms with Crippen LogP contribution in [0.2, 0.25) is 0 Å². The SMILES string of the molecule is N#CC1(C#N)[C@H](c2ccncc2)[C@@H]1C(=O)C12CC3CC(CC(C3)C1)C2. The highest BCUT2D eigenvalue weighted by Gasteiger charge is 2.73. The highest BCUT2D eigenvalue weighted by atomic mass is 16.1. The van der Waals surface area contributed by atoms with E-state index in [1.807, 2.05) is 12.1 Å². The number of hydrogen-bond donors (Lipinski definition) is 0. The number of hydrogen-bond acceptors (Lipinski definition) is 4. The highest BCUT2D eigenvalue weighted by Crippen LogP contribution is 2.70. The summed E-state index contributed by atoms with van der Waals surface area (Å²) in [5.41, 5.74) is -0.525. The van der Waals surface area contributed by atoms with Gasteiger partial charge in [-0.05, 0) is 74.0 Å². The molecule has 0 aromatic carbocycles. The van der Waals surface area contributed by atoms with E-state index in [1.165, 1.54) is 19.3 Å². The summed E-state index contributed by atoms with van der Waals surface area (Å²) in [5.74, 6) is 1.54. The van der Waals surface area contributed by atoms with E-state index >= 15 is 0 Å². The van der Waals surface area contributed by atoms with E-state index in [0.717, 1.165) is 24.8 Å². The van der Waals surface area contributed by atoms with Gasteiger partial charge in [-0.2, -0.15) is 10.5 Å². The van der Waals surface area contributed by atoms with Crippen LogP contribution in [0.1, 0.15) is 50.0 Å². The first-order chi connectivity index (χ1) is 12.1. The van der Waals surface area contributed by atoms with E-state index in [4.69, 9.17) is 0 Å². The second kappa shape index (κ2) is 4.92. The van der Waals surface area contributed by atoms with Crippen molar-refractivity contribution in [1.29, 1.82) is 10.5 Å². The molecular weight excluding hydrogens is 310 g/mol. The average molecular weight is 331 g/mol. The van der Waals surface area contributed by atoms with Gasteiger partial charge in [0.2, 0.25) is 0 Å². The molecule has 126 valence electrons. The second-order valence-electron chi connectivity index (χ2n) is 8.89. The molecule has 0 aliphatic heterocycles. The van der Waals surface area contributed by atoms with Gasteiger partial charge in [-0.3, -0.25) is 9.78 Å². The molecular formula is C21H21N3O. The molecule has 4 nitrogen and oxygen atoms in total. The summed E-state index contributed by atoms with van der Waals surface area (Å²) in [6.45, 7) is 0. The number of nitriles is 2. The fraction of sp³-hybridized carbons (Fsp3) is 0.619. The number of rotatable bonds is 3. The zero-order chi connectivity index (χ0) is 17.2. The van der Waals surface area contributed by atoms with Crippen molar-refractivity contribution in [2.45, 2.75) is 44.4 Å². The Morgan fingerprint density at radius 2 is 1.52 bits per heavy atom. The number of carbonyl (C=O) groups is 1. The first-order valence-electron chi connectivity index (χ1n) is 9.38. The Labute approximate surface area is 147 Å². The van der Waals surface area contributed by atoms with Crippen LogP contribution in [0.4, 0.5) is 0 Å². The number of carbonyl (C=O) groups excluding carboxylic acids is 1. The van der Waals surface area contributed by atoms with Gasteiger partial charge in [-0.25, -0.2) is 0 Å². The van der Waals surface area contributed by atoms with Crippen molar-refractivity contribution in [3.63, 3.8) is 0 Å². The Morgan fingerprint density at radius 3 is 2.00 bits per heavy atom. The molecule has 5 aliphatic carbocycles. The lowest BCUT2D eigenvalue weighted by Crippen LogP contribution is -2.50. The molecule has 0 saturated heterocycles. The quantitative estimate of drug-likeness (QED) is 0.847. The molecule has 0 unspecified atom stereocenters. The predicted molar refractivity (Wildman–Crippen MR) is 89.7 cm³/mol. The molecule has 1 aromatic heterocycles. The van der Waals surface area contributed by atoms with Gasteiger partial charge >= 0.3 is 0 Å². The summed E-state index contributed by atoms with van der Waals surface area (Å²) in [6.07, 6.45) is 10.2. The molecule has 1 aromatic rings. The van der Waals surface area contributed by atoms with Crippen molar-refractivity contribution in [3.8, 4) is 12.1 Å². The maximum absolute atomic E-state index is 13.7. The molecule has 1 heterocycles. The van der Waals surface area contributed by atoms with Gasteiger partial charge in [0.05, 0.1) is 18.1 Å². The highest BCUT2D eigenvalue weighted by molar-refractivity contribution is 5.94. The third-order valence-electron chi connectivity index (χ3n) is 7.48. The summed E-state index contributed by atoms with van der Waals surface area (Å²) in [6, 6.07) is 8.12.